The number of aromatic nitrogens is 4. The van der Waals surface area contributed by atoms with Crippen LogP contribution in [0.1, 0.15) is 97.4 Å². The van der Waals surface area contributed by atoms with Crippen LogP contribution in [0.25, 0.3) is 22.5 Å². The number of piperazine rings is 2. The van der Waals surface area contributed by atoms with E-state index in [1.54, 1.807) is 30.3 Å². The summed E-state index contributed by atoms with van der Waals surface area (Å²) in [5.74, 6) is -3.80. The zero-order valence-corrected chi connectivity index (χ0v) is 50.3. The van der Waals surface area contributed by atoms with Gasteiger partial charge in [0.05, 0.1) is 35.3 Å². The number of nitrogens with zero attached hydrogens (tertiary/aromatic N) is 9. The van der Waals surface area contributed by atoms with Crippen molar-refractivity contribution in [2.24, 2.45) is 0 Å². The predicted molar refractivity (Wildman–Crippen MR) is 322 cm³/mol. The van der Waals surface area contributed by atoms with Crippen molar-refractivity contribution in [2.45, 2.75) is 98.6 Å². The second-order valence-electron chi connectivity index (χ2n) is 21.7. The van der Waals surface area contributed by atoms with E-state index in [9.17, 15) is 32.2 Å². The Balaban J connectivity index is 0.000000194. The molecule has 2 saturated heterocycles. The highest BCUT2D eigenvalue weighted by molar-refractivity contribution is 7.84. The van der Waals surface area contributed by atoms with Gasteiger partial charge in [-0.3, -0.25) is 18.7 Å². The number of benzene rings is 4. The highest BCUT2D eigenvalue weighted by atomic mass is 32.2. The first kappa shape index (κ1) is 63.1. The van der Waals surface area contributed by atoms with Gasteiger partial charge in [-0.2, -0.15) is 4.98 Å². The average molecular weight is 1190 g/mol. The van der Waals surface area contributed by atoms with Gasteiger partial charge >= 0.3 is 12.1 Å². The van der Waals surface area contributed by atoms with Crippen LogP contribution < -0.4 is 41.3 Å². The molecule has 2 aromatic heterocycles. The maximum Gasteiger partial charge on any atom is 0.328 e. The van der Waals surface area contributed by atoms with Crippen LogP contribution in [0.4, 0.5) is 56.1 Å². The van der Waals surface area contributed by atoms with Gasteiger partial charge in [-0.1, -0.05) is 38.1 Å². The Morgan fingerprint density at radius 2 is 1.02 bits per heavy atom. The van der Waals surface area contributed by atoms with Crippen LogP contribution >= 0.6 is 0 Å². The van der Waals surface area contributed by atoms with Gasteiger partial charge < -0.3 is 36.4 Å². The van der Waals surface area contributed by atoms with E-state index in [4.69, 9.17) is 9.97 Å². The van der Waals surface area contributed by atoms with Crippen molar-refractivity contribution in [2.75, 3.05) is 86.4 Å². The molecule has 85 heavy (non-hydrogen) atoms. The van der Waals surface area contributed by atoms with Gasteiger partial charge in [0.1, 0.15) is 34.6 Å². The first-order chi connectivity index (χ1) is 40.7. The molecule has 6 heterocycles. The largest absolute Gasteiger partial charge is 0.350 e. The van der Waals surface area contributed by atoms with Crippen molar-refractivity contribution in [3.8, 4) is 22.5 Å². The van der Waals surface area contributed by atoms with Crippen molar-refractivity contribution >= 4 is 63.6 Å². The van der Waals surface area contributed by atoms with Gasteiger partial charge in [0.25, 0.3) is 11.8 Å². The molecule has 4 aliphatic heterocycles. The number of fused-ring (bicyclic) bond motifs is 2. The molecule has 0 saturated carbocycles. The minimum atomic E-state index is -1.68. The minimum Gasteiger partial charge on any atom is -0.350 e. The lowest BCUT2D eigenvalue weighted by Crippen LogP contribution is -2.48. The van der Waals surface area contributed by atoms with Crippen molar-refractivity contribution < 1.29 is 40.9 Å². The van der Waals surface area contributed by atoms with Crippen LogP contribution in [0.2, 0.25) is 0 Å². The number of anilines is 5. The van der Waals surface area contributed by atoms with Gasteiger partial charge in [0.2, 0.25) is 11.1 Å². The van der Waals surface area contributed by atoms with Crippen LogP contribution in [0.15, 0.2) is 78.0 Å². The number of nitrogens with one attached hydrogen (secondary N) is 5. The maximum absolute atomic E-state index is 15.0. The first-order valence-electron chi connectivity index (χ1n) is 28.6. The number of hydrogen-bond acceptors (Lipinski definition) is 13. The second kappa shape index (κ2) is 28.3. The molecule has 2 fully saturated rings. The molecule has 6 aromatic rings. The van der Waals surface area contributed by atoms with Gasteiger partial charge in [0.15, 0.2) is 11.6 Å². The SMILES string of the molecule is CCCN1CCN(c2nc(-c3cc(C(=O)NC(C)C)ccc3C)c3c(n2)N(c2c(F)cccc2F)C(=O)NC3)CC1.CCCN1CCNCC1.Cc1ccc(C(=O)NC(C)C)cc1-c1nc(S(C)=O)nc2c1CNC(=O)N2c1c(F)cccc1F. The predicted octanol–water partition coefficient (Wildman–Crippen LogP) is 9.03. The number of urea groups is 2. The van der Waals surface area contributed by atoms with Crippen LogP contribution in [0.5, 0.6) is 0 Å². The Morgan fingerprint density at radius 3 is 1.45 bits per heavy atom. The fourth-order valence-electron chi connectivity index (χ4n) is 10.3. The lowest BCUT2D eigenvalue weighted by atomic mass is 9.97. The Bertz CT molecular complexity index is 3430. The first-order valence-corrected chi connectivity index (χ1v) is 30.2. The highest BCUT2D eigenvalue weighted by Crippen LogP contribution is 2.42. The molecule has 0 aliphatic carbocycles. The van der Waals surface area contributed by atoms with Crippen molar-refractivity contribution in [3.05, 3.63) is 129 Å². The number of para-hydroxylation sites is 2. The normalized spacial score (nSPS) is 15.6. The molecular formula is C61H74F4N14O5S. The molecule has 452 valence electrons. The molecule has 4 aromatic carbocycles. The number of amides is 6. The molecule has 6 amide bonds. The van der Waals surface area contributed by atoms with Crippen LogP contribution in [0.3, 0.4) is 0 Å². The molecule has 24 heteroatoms. The zero-order chi connectivity index (χ0) is 61.2. The standard InChI is InChI=1S/C30H35F2N7O2.C24H23F2N5O3S.C7H16N2/c1-5-11-37-12-14-38(15-13-37)29-35-25(21-16-20(10-9-19(21)4)28(40)34-18(2)3)22-17-33-30(41)39(27(22)36-29)26-23(31)7-6-8-24(26)32;1-12(2)28-22(32)14-9-8-13(3)15(10-14)19-16-11-27-24(33)31(20-17(25)6-5-7-18(20)26)21(16)30-23(29-19)35(4)34;1-2-5-9-6-3-8-4-7-9/h6-10,16,18H,5,11-15,17H2,1-4H3,(H,33,41)(H,34,40);5-10,12H,11H2,1-4H3,(H,27,33)(H,28,32);8H,2-7H2,1H3. The summed E-state index contributed by atoms with van der Waals surface area (Å²) in [7, 11) is -1.68. The molecule has 0 spiro atoms. The van der Waals surface area contributed by atoms with E-state index >= 15 is 8.78 Å². The summed E-state index contributed by atoms with van der Waals surface area (Å²) in [4.78, 5) is 78.6. The number of rotatable bonds is 14. The van der Waals surface area contributed by atoms with Gasteiger partial charge in [0, 0.05) is 104 Å². The van der Waals surface area contributed by atoms with Gasteiger partial charge in [-0.05, 0) is 127 Å². The van der Waals surface area contributed by atoms with Gasteiger partial charge in [-0.15, -0.1) is 0 Å². The fraction of sp³-hybridized carbons (Fsp3) is 0.410. The maximum atomic E-state index is 15.0. The molecular weight excluding hydrogens is 1120 g/mol. The van der Waals surface area contributed by atoms with E-state index in [0.29, 0.717) is 63.8 Å². The zero-order valence-electron chi connectivity index (χ0n) is 49.5. The second-order valence-corrected chi connectivity index (χ2v) is 22.9. The summed E-state index contributed by atoms with van der Waals surface area (Å²) >= 11 is 0. The summed E-state index contributed by atoms with van der Waals surface area (Å²) in [6.07, 6.45) is 3.71. The van der Waals surface area contributed by atoms with Crippen molar-refractivity contribution in [3.63, 3.8) is 0 Å². The van der Waals surface area contributed by atoms with Crippen LogP contribution in [-0.4, -0.2) is 142 Å². The Morgan fingerprint density at radius 1 is 0.600 bits per heavy atom. The highest BCUT2D eigenvalue weighted by Gasteiger charge is 2.37. The lowest BCUT2D eigenvalue weighted by molar-refractivity contribution is 0.0934. The monoisotopic (exact) mass is 1190 g/mol. The number of hydrogen-bond donors (Lipinski definition) is 5. The molecule has 19 nitrogen and oxygen atoms in total. The molecule has 0 radical (unpaired) electrons. The fourth-order valence-corrected chi connectivity index (χ4v) is 10.7. The van der Waals surface area contributed by atoms with E-state index in [1.807, 2.05) is 52.5 Å². The van der Waals surface area contributed by atoms with E-state index in [1.165, 1.54) is 57.5 Å². The molecule has 1 atom stereocenters. The summed E-state index contributed by atoms with van der Waals surface area (Å²) in [5, 5.41) is 14.3. The molecule has 1 unspecified atom stereocenters. The van der Waals surface area contributed by atoms with Crippen molar-refractivity contribution in [1.82, 2.24) is 56.3 Å². The average Bonchev–Trinajstić information content (AvgIpc) is 0.967. The molecule has 4 aliphatic rings. The van der Waals surface area contributed by atoms with Crippen molar-refractivity contribution in [1.29, 1.82) is 0 Å². The lowest BCUT2D eigenvalue weighted by Gasteiger charge is -2.36. The smallest absolute Gasteiger partial charge is 0.328 e. The third-order valence-electron chi connectivity index (χ3n) is 14.5. The number of carbonyl (C=O) groups is 4. The quantitative estimate of drug-likeness (QED) is 0.0510. The Kier molecular flexibility index (Phi) is 21.0. The summed E-state index contributed by atoms with van der Waals surface area (Å²) in [5.41, 5.74) is 4.22. The van der Waals surface area contributed by atoms with E-state index in [0.717, 1.165) is 71.2 Å². The number of halogens is 4. The van der Waals surface area contributed by atoms with Crippen LogP contribution in [0, 0.1) is 37.1 Å². The molecule has 0 bridgehead atoms. The summed E-state index contributed by atoms with van der Waals surface area (Å²) in [6, 6.07) is 15.5. The number of aryl methyl sites for hydroxylation is 2. The van der Waals surface area contributed by atoms with E-state index < -0.39 is 57.5 Å². The van der Waals surface area contributed by atoms with E-state index in [2.05, 4.69) is 60.2 Å². The third kappa shape index (κ3) is 14.8. The summed E-state index contributed by atoms with van der Waals surface area (Å²) < 4.78 is 71.9. The van der Waals surface area contributed by atoms with Crippen LogP contribution in [-0.2, 0) is 23.9 Å². The van der Waals surface area contributed by atoms with Gasteiger partial charge in [-0.25, -0.2) is 51.9 Å². The van der Waals surface area contributed by atoms with E-state index in [-0.39, 0.29) is 53.8 Å². The third-order valence-corrected chi connectivity index (χ3v) is 15.2. The Labute approximate surface area is 495 Å². The minimum absolute atomic E-state index is 0.0332. The number of carbonyl (C=O) groups excluding carboxylic acids is 4. The Hall–Kier alpha value is -7.93. The topological polar surface area (TPSA) is 213 Å². The summed E-state index contributed by atoms with van der Waals surface area (Å²) in [6.45, 7) is 25.7. The molecule has 10 rings (SSSR count). The molecule has 5 N–H and O–H groups in total.